The number of nitrogens with two attached hydrogens (primary N) is 2. The van der Waals surface area contributed by atoms with Crippen LogP contribution in [0.4, 0.5) is 0 Å². The highest BCUT2D eigenvalue weighted by molar-refractivity contribution is 6.34. The topological polar surface area (TPSA) is 75.9 Å². The minimum absolute atomic E-state index is 0.333. The fraction of sp³-hybridized carbons (Fsp3) is 0. The van der Waals surface area contributed by atoms with E-state index >= 15 is 0 Å². The summed E-state index contributed by atoms with van der Waals surface area (Å²) in [5, 5.41) is 7.41. The number of halogens is 2. The second-order valence-corrected chi connectivity index (χ2v) is 2.77. The van der Waals surface area contributed by atoms with E-state index in [0.717, 1.165) is 0 Å². The van der Waals surface area contributed by atoms with Crippen molar-refractivity contribution in [3.8, 4) is 0 Å². The molecule has 0 bridgehead atoms. The van der Waals surface area contributed by atoms with Gasteiger partial charge >= 0.3 is 0 Å². The Bertz CT molecular complexity index is 241. The molecule has 0 aliphatic carbocycles. The first-order chi connectivity index (χ1) is 5.52. The van der Waals surface area contributed by atoms with Gasteiger partial charge < -0.3 is 11.5 Å². The van der Waals surface area contributed by atoms with Crippen molar-refractivity contribution in [3.05, 3.63) is 34.3 Å². The zero-order valence-electron chi connectivity index (χ0n) is 6.22. The zero-order chi connectivity index (χ0) is 9.56. The molecule has 1 aromatic carbocycles. The van der Waals surface area contributed by atoms with Gasteiger partial charge in [0.15, 0.2) is 5.96 Å². The minimum Gasteiger partial charge on any atom is -0.370 e. The maximum absolute atomic E-state index is 6.06. The maximum atomic E-state index is 6.06. The first-order valence-corrected chi connectivity index (χ1v) is 3.78. The van der Waals surface area contributed by atoms with E-state index in [-0.39, 0.29) is 5.96 Å². The molecule has 0 amide bonds. The second-order valence-electron chi connectivity index (χ2n) is 1.90. The van der Waals surface area contributed by atoms with E-state index in [0.29, 0.717) is 10.0 Å². The molecule has 5 N–H and O–H groups in total. The summed E-state index contributed by atoms with van der Waals surface area (Å²) in [5.41, 5.74) is 8.94. The van der Waals surface area contributed by atoms with E-state index in [1.807, 2.05) is 6.07 Å². The molecule has 1 aromatic rings. The molecule has 0 atom stereocenters. The van der Waals surface area contributed by atoms with E-state index in [4.69, 9.17) is 28.6 Å². The molecular formula is C7H9Cl2N3. The second kappa shape index (κ2) is 5.69. The first-order valence-electron chi connectivity index (χ1n) is 3.03. The molecule has 0 saturated carbocycles. The zero-order valence-corrected chi connectivity index (χ0v) is 7.73. The van der Waals surface area contributed by atoms with Crippen LogP contribution in [0.15, 0.2) is 24.3 Å². The van der Waals surface area contributed by atoms with Crippen LogP contribution >= 0.6 is 23.2 Å². The van der Waals surface area contributed by atoms with Gasteiger partial charge in [-0.3, -0.25) is 5.41 Å². The third-order valence-corrected chi connectivity index (χ3v) is 1.26. The van der Waals surface area contributed by atoms with Crippen LogP contribution < -0.4 is 11.5 Å². The molecule has 0 fully saturated rings. The fourth-order valence-corrected chi connectivity index (χ4v) is 0.896. The lowest BCUT2D eigenvalue weighted by atomic mass is 10.4. The van der Waals surface area contributed by atoms with Gasteiger partial charge in [0.25, 0.3) is 0 Å². The number of hydrogen-bond donors (Lipinski definition) is 3. The summed E-state index contributed by atoms with van der Waals surface area (Å²) >= 11 is 11.1. The summed E-state index contributed by atoms with van der Waals surface area (Å²) in [4.78, 5) is 0. The van der Waals surface area contributed by atoms with Gasteiger partial charge in [-0.05, 0) is 18.2 Å². The average Bonchev–Trinajstić information content (AvgIpc) is 1.84. The SMILES string of the molecule is Clc1cccc(Cl)c1.N=C(N)N. The van der Waals surface area contributed by atoms with Crippen LogP contribution in [0, 0.1) is 5.41 Å². The maximum Gasteiger partial charge on any atom is 0.183 e. The predicted molar refractivity (Wildman–Crippen MR) is 52.6 cm³/mol. The number of rotatable bonds is 0. The van der Waals surface area contributed by atoms with Crippen molar-refractivity contribution >= 4 is 29.2 Å². The molecule has 0 radical (unpaired) electrons. The third-order valence-electron chi connectivity index (χ3n) is 0.787. The highest BCUT2D eigenvalue weighted by Gasteiger charge is 1.84. The van der Waals surface area contributed by atoms with Crippen LogP contribution in [-0.2, 0) is 0 Å². The average molecular weight is 206 g/mol. The van der Waals surface area contributed by atoms with Crippen LogP contribution in [0.5, 0.6) is 0 Å². The van der Waals surface area contributed by atoms with Crippen molar-refractivity contribution in [3.63, 3.8) is 0 Å². The summed E-state index contributed by atoms with van der Waals surface area (Å²) < 4.78 is 0. The molecule has 0 unspecified atom stereocenters. The summed E-state index contributed by atoms with van der Waals surface area (Å²) in [5.74, 6) is -0.333. The van der Waals surface area contributed by atoms with Crippen LogP contribution in [0.3, 0.4) is 0 Å². The monoisotopic (exact) mass is 205 g/mol. The van der Waals surface area contributed by atoms with E-state index in [1.165, 1.54) is 0 Å². The van der Waals surface area contributed by atoms with Crippen LogP contribution in [0.1, 0.15) is 0 Å². The van der Waals surface area contributed by atoms with Gasteiger partial charge in [-0.2, -0.15) is 0 Å². The molecular weight excluding hydrogens is 197 g/mol. The van der Waals surface area contributed by atoms with Gasteiger partial charge in [-0.15, -0.1) is 0 Å². The van der Waals surface area contributed by atoms with Gasteiger partial charge in [0.1, 0.15) is 0 Å². The van der Waals surface area contributed by atoms with Crippen molar-refractivity contribution in [1.29, 1.82) is 5.41 Å². The van der Waals surface area contributed by atoms with Crippen LogP contribution in [-0.4, -0.2) is 5.96 Å². The lowest BCUT2D eigenvalue weighted by molar-refractivity contribution is 1.39. The molecule has 0 aliphatic rings. The Morgan fingerprint density at radius 3 is 1.67 bits per heavy atom. The third kappa shape index (κ3) is 7.18. The first kappa shape index (κ1) is 11.1. The van der Waals surface area contributed by atoms with E-state index in [2.05, 4.69) is 11.5 Å². The van der Waals surface area contributed by atoms with Gasteiger partial charge in [-0.1, -0.05) is 29.3 Å². The standard InChI is InChI=1S/C6H4Cl2.CH5N3/c7-5-2-1-3-6(8)4-5;2-1(3)4/h1-4H;(H5,2,3,4). The lowest BCUT2D eigenvalue weighted by Gasteiger charge is -1.86. The molecule has 0 aromatic heterocycles. The van der Waals surface area contributed by atoms with E-state index in [9.17, 15) is 0 Å². The van der Waals surface area contributed by atoms with Crippen LogP contribution in [0.25, 0.3) is 0 Å². The van der Waals surface area contributed by atoms with Gasteiger partial charge in [0, 0.05) is 10.0 Å². The Labute approximate surface area is 80.8 Å². The number of guanidine groups is 1. The summed E-state index contributed by atoms with van der Waals surface area (Å²) in [6.07, 6.45) is 0. The molecule has 0 saturated heterocycles. The molecule has 5 heteroatoms. The smallest absolute Gasteiger partial charge is 0.183 e. The predicted octanol–water partition coefficient (Wildman–Crippen LogP) is 1.83. The number of nitrogens with one attached hydrogen (secondary N) is 1. The molecule has 66 valence electrons. The Morgan fingerprint density at radius 2 is 1.50 bits per heavy atom. The van der Waals surface area contributed by atoms with Crippen molar-refractivity contribution in [2.75, 3.05) is 0 Å². The number of benzene rings is 1. The lowest BCUT2D eigenvalue weighted by Crippen LogP contribution is -2.20. The van der Waals surface area contributed by atoms with Crippen molar-refractivity contribution in [2.24, 2.45) is 11.5 Å². The normalized spacial score (nSPS) is 8.17. The van der Waals surface area contributed by atoms with Gasteiger partial charge in [0.2, 0.25) is 0 Å². The molecule has 0 spiro atoms. The van der Waals surface area contributed by atoms with E-state index in [1.54, 1.807) is 18.2 Å². The highest BCUT2D eigenvalue weighted by Crippen LogP contribution is 2.13. The molecule has 0 heterocycles. The molecule has 3 nitrogen and oxygen atoms in total. The Hall–Kier alpha value is -0.930. The molecule has 0 aliphatic heterocycles. The minimum atomic E-state index is -0.333. The van der Waals surface area contributed by atoms with E-state index < -0.39 is 0 Å². The fourth-order valence-electron chi connectivity index (χ4n) is 0.460. The summed E-state index contributed by atoms with van der Waals surface area (Å²) in [6, 6.07) is 7.08. The van der Waals surface area contributed by atoms with Crippen molar-refractivity contribution in [1.82, 2.24) is 0 Å². The van der Waals surface area contributed by atoms with Crippen LogP contribution in [0.2, 0.25) is 10.0 Å². The Balaban J connectivity index is 0.000000261. The quantitative estimate of drug-likeness (QED) is 0.447. The largest absolute Gasteiger partial charge is 0.370 e. The highest BCUT2D eigenvalue weighted by atomic mass is 35.5. The number of hydrogen-bond acceptors (Lipinski definition) is 1. The van der Waals surface area contributed by atoms with Gasteiger partial charge in [0.05, 0.1) is 0 Å². The Kier molecular flexibility index (Phi) is 5.25. The Morgan fingerprint density at radius 1 is 1.17 bits per heavy atom. The molecule has 1 rings (SSSR count). The van der Waals surface area contributed by atoms with Gasteiger partial charge in [-0.25, -0.2) is 0 Å². The summed E-state index contributed by atoms with van der Waals surface area (Å²) in [6.45, 7) is 0. The summed E-state index contributed by atoms with van der Waals surface area (Å²) in [7, 11) is 0. The molecule has 12 heavy (non-hydrogen) atoms. The van der Waals surface area contributed by atoms with Crippen molar-refractivity contribution < 1.29 is 0 Å². The van der Waals surface area contributed by atoms with Crippen molar-refractivity contribution in [2.45, 2.75) is 0 Å².